The summed E-state index contributed by atoms with van der Waals surface area (Å²) in [7, 11) is 3.19. The fourth-order valence-electron chi connectivity index (χ4n) is 2.38. The summed E-state index contributed by atoms with van der Waals surface area (Å²) in [5.74, 6) is -3.36. The van der Waals surface area contributed by atoms with Crippen molar-refractivity contribution in [1.29, 1.82) is 0 Å². The smallest absolute Gasteiger partial charge is 0.253 e. The van der Waals surface area contributed by atoms with Crippen molar-refractivity contribution in [2.75, 3.05) is 32.9 Å². The van der Waals surface area contributed by atoms with Crippen LogP contribution in [0.25, 0.3) is 0 Å². The molecule has 120 valence electrons. The lowest BCUT2D eigenvalue weighted by Gasteiger charge is -2.31. The highest BCUT2D eigenvalue weighted by Gasteiger charge is 2.35. The van der Waals surface area contributed by atoms with E-state index in [4.69, 9.17) is 5.73 Å². The molecule has 2 rings (SSSR count). The molecule has 22 heavy (non-hydrogen) atoms. The Kier molecular flexibility index (Phi) is 4.35. The Bertz CT molecular complexity index is 592. The third kappa shape index (κ3) is 3.52. The Hall–Kier alpha value is -2.18. The van der Waals surface area contributed by atoms with Gasteiger partial charge >= 0.3 is 0 Å². The van der Waals surface area contributed by atoms with E-state index in [-0.39, 0.29) is 43.3 Å². The molecule has 0 aromatic heterocycles. The molecule has 5 nitrogen and oxygen atoms in total. The minimum atomic E-state index is -2.71. The first-order valence-electron chi connectivity index (χ1n) is 6.99. The van der Waals surface area contributed by atoms with Gasteiger partial charge in [-0.3, -0.25) is 9.59 Å². The van der Waals surface area contributed by atoms with Crippen molar-refractivity contribution >= 4 is 17.5 Å². The third-order valence-electron chi connectivity index (χ3n) is 3.64. The summed E-state index contributed by atoms with van der Waals surface area (Å²) >= 11 is 0. The highest BCUT2D eigenvalue weighted by atomic mass is 19.3. The SMILES string of the molecule is CN(C)C(=O)c1cc(N)cc(C(=O)N2CCC(F)(F)CC2)c1. The van der Waals surface area contributed by atoms with E-state index in [1.807, 2.05) is 0 Å². The minimum Gasteiger partial charge on any atom is -0.399 e. The number of amides is 2. The lowest BCUT2D eigenvalue weighted by atomic mass is 10.0. The number of benzene rings is 1. The van der Waals surface area contributed by atoms with Crippen LogP contribution < -0.4 is 5.73 Å². The van der Waals surface area contributed by atoms with E-state index in [2.05, 4.69) is 0 Å². The molecule has 1 aromatic carbocycles. The van der Waals surface area contributed by atoms with Gasteiger partial charge in [0, 0.05) is 56.8 Å². The summed E-state index contributed by atoms with van der Waals surface area (Å²) in [5, 5.41) is 0. The average Bonchev–Trinajstić information content (AvgIpc) is 2.45. The number of hydrogen-bond donors (Lipinski definition) is 1. The zero-order chi connectivity index (χ0) is 16.5. The number of nitrogens with two attached hydrogens (primary N) is 1. The first-order chi connectivity index (χ1) is 10.2. The van der Waals surface area contributed by atoms with E-state index in [1.54, 1.807) is 14.1 Å². The molecule has 2 amide bonds. The topological polar surface area (TPSA) is 66.6 Å². The van der Waals surface area contributed by atoms with E-state index < -0.39 is 5.92 Å². The number of piperidine rings is 1. The van der Waals surface area contributed by atoms with Gasteiger partial charge in [-0.25, -0.2) is 8.78 Å². The first kappa shape index (κ1) is 16.2. The molecule has 0 spiro atoms. The molecule has 1 aliphatic heterocycles. The Balaban J connectivity index is 2.22. The van der Waals surface area contributed by atoms with E-state index >= 15 is 0 Å². The predicted molar refractivity (Wildman–Crippen MR) is 79.0 cm³/mol. The number of rotatable bonds is 2. The van der Waals surface area contributed by atoms with Crippen LogP contribution in [0.15, 0.2) is 18.2 Å². The van der Waals surface area contributed by atoms with Gasteiger partial charge in [0.2, 0.25) is 0 Å². The fourth-order valence-corrected chi connectivity index (χ4v) is 2.38. The van der Waals surface area contributed by atoms with Gasteiger partial charge in [0.05, 0.1) is 0 Å². The molecule has 1 saturated heterocycles. The molecule has 0 radical (unpaired) electrons. The molecule has 0 unspecified atom stereocenters. The highest BCUT2D eigenvalue weighted by Crippen LogP contribution is 2.28. The Labute approximate surface area is 127 Å². The normalized spacial score (nSPS) is 17.2. The highest BCUT2D eigenvalue weighted by molar-refractivity contribution is 6.00. The molecule has 1 fully saturated rings. The van der Waals surface area contributed by atoms with Crippen molar-refractivity contribution in [2.45, 2.75) is 18.8 Å². The minimum absolute atomic E-state index is 0.00239. The standard InChI is InChI=1S/C15H19F2N3O2/c1-19(2)13(21)10-7-11(9-12(18)8-10)14(22)20-5-3-15(16,17)4-6-20/h7-9H,3-6,18H2,1-2H3. The number of alkyl halides is 2. The maximum absolute atomic E-state index is 13.2. The molecular formula is C15H19F2N3O2. The van der Waals surface area contributed by atoms with Crippen LogP contribution >= 0.6 is 0 Å². The summed E-state index contributed by atoms with van der Waals surface area (Å²) in [6, 6.07) is 4.40. The second-order valence-corrected chi connectivity index (χ2v) is 5.69. The molecular weight excluding hydrogens is 292 g/mol. The van der Waals surface area contributed by atoms with Gasteiger partial charge in [-0.2, -0.15) is 0 Å². The number of nitrogens with zero attached hydrogens (tertiary/aromatic N) is 2. The maximum Gasteiger partial charge on any atom is 0.253 e. The monoisotopic (exact) mass is 311 g/mol. The summed E-state index contributed by atoms with van der Waals surface area (Å²) in [5.41, 5.74) is 6.58. The number of halogens is 2. The molecule has 7 heteroatoms. The van der Waals surface area contributed by atoms with Gasteiger partial charge in [0.1, 0.15) is 0 Å². The molecule has 0 saturated carbocycles. The van der Waals surface area contributed by atoms with Gasteiger partial charge in [-0.05, 0) is 18.2 Å². The van der Waals surface area contributed by atoms with Crippen molar-refractivity contribution in [3.05, 3.63) is 29.3 Å². The quantitative estimate of drug-likeness (QED) is 0.848. The van der Waals surface area contributed by atoms with Crippen molar-refractivity contribution in [3.8, 4) is 0 Å². The van der Waals surface area contributed by atoms with Gasteiger partial charge in [-0.1, -0.05) is 0 Å². The second-order valence-electron chi connectivity index (χ2n) is 5.69. The van der Waals surface area contributed by atoms with Gasteiger partial charge in [0.15, 0.2) is 0 Å². The molecule has 0 bridgehead atoms. The van der Waals surface area contributed by atoms with Gasteiger partial charge in [0.25, 0.3) is 17.7 Å². The Morgan fingerprint density at radius 2 is 1.68 bits per heavy atom. The zero-order valence-corrected chi connectivity index (χ0v) is 12.6. The molecule has 1 aromatic rings. The van der Waals surface area contributed by atoms with Crippen molar-refractivity contribution < 1.29 is 18.4 Å². The van der Waals surface area contributed by atoms with Gasteiger partial charge < -0.3 is 15.5 Å². The summed E-state index contributed by atoms with van der Waals surface area (Å²) in [6.45, 7) is -0.00478. The largest absolute Gasteiger partial charge is 0.399 e. The lowest BCUT2D eigenvalue weighted by molar-refractivity contribution is -0.0494. The van der Waals surface area contributed by atoms with E-state index in [9.17, 15) is 18.4 Å². The third-order valence-corrected chi connectivity index (χ3v) is 3.64. The van der Waals surface area contributed by atoms with Crippen LogP contribution in [-0.4, -0.2) is 54.7 Å². The average molecular weight is 311 g/mol. The zero-order valence-electron chi connectivity index (χ0n) is 12.6. The number of carbonyl (C=O) groups excluding carboxylic acids is 2. The maximum atomic E-state index is 13.2. The van der Waals surface area contributed by atoms with Crippen molar-refractivity contribution in [2.24, 2.45) is 0 Å². The number of nitrogen functional groups attached to an aromatic ring is 1. The van der Waals surface area contributed by atoms with Crippen LogP contribution in [0.2, 0.25) is 0 Å². The first-order valence-corrected chi connectivity index (χ1v) is 6.99. The van der Waals surface area contributed by atoms with Crippen LogP contribution in [0.5, 0.6) is 0 Å². The number of carbonyl (C=O) groups is 2. The Morgan fingerprint density at radius 3 is 2.23 bits per heavy atom. The lowest BCUT2D eigenvalue weighted by Crippen LogP contribution is -2.42. The molecule has 1 aliphatic rings. The van der Waals surface area contributed by atoms with Crippen LogP contribution in [-0.2, 0) is 0 Å². The molecule has 0 atom stereocenters. The summed E-state index contributed by atoms with van der Waals surface area (Å²) < 4.78 is 26.3. The number of anilines is 1. The van der Waals surface area contributed by atoms with Crippen molar-refractivity contribution in [1.82, 2.24) is 9.80 Å². The van der Waals surface area contributed by atoms with Crippen molar-refractivity contribution in [3.63, 3.8) is 0 Å². The van der Waals surface area contributed by atoms with Crippen LogP contribution in [0, 0.1) is 0 Å². The molecule has 1 heterocycles. The van der Waals surface area contributed by atoms with Crippen LogP contribution in [0.1, 0.15) is 33.6 Å². The molecule has 2 N–H and O–H groups in total. The van der Waals surface area contributed by atoms with Crippen LogP contribution in [0.4, 0.5) is 14.5 Å². The van der Waals surface area contributed by atoms with E-state index in [0.29, 0.717) is 11.3 Å². The fraction of sp³-hybridized carbons (Fsp3) is 0.467. The number of likely N-dealkylation sites (tertiary alicyclic amines) is 1. The van der Waals surface area contributed by atoms with E-state index in [0.717, 1.165) is 0 Å². The van der Waals surface area contributed by atoms with Gasteiger partial charge in [-0.15, -0.1) is 0 Å². The molecule has 0 aliphatic carbocycles. The van der Waals surface area contributed by atoms with E-state index in [1.165, 1.54) is 28.0 Å². The predicted octanol–water partition coefficient (Wildman–Crippen LogP) is 1.84. The Morgan fingerprint density at radius 1 is 1.14 bits per heavy atom. The summed E-state index contributed by atoms with van der Waals surface area (Å²) in [4.78, 5) is 27.1. The second kappa shape index (κ2) is 5.90. The van der Waals surface area contributed by atoms with Crippen LogP contribution in [0.3, 0.4) is 0 Å². The number of hydrogen-bond acceptors (Lipinski definition) is 3. The summed E-state index contributed by atoms with van der Waals surface area (Å²) in [6.07, 6.45) is -0.685.